The second-order valence-electron chi connectivity index (χ2n) is 4.21. The zero-order chi connectivity index (χ0) is 11.0. The average molecular weight is 221 g/mol. The van der Waals surface area contributed by atoms with Gasteiger partial charge >= 0.3 is 0 Å². The maximum atomic E-state index is 9.11. The monoisotopic (exact) mass is 221 g/mol. The van der Waals surface area contributed by atoms with Crippen molar-refractivity contribution in [1.29, 1.82) is 0 Å². The van der Waals surface area contributed by atoms with E-state index in [2.05, 4.69) is 11.2 Å². The third-order valence-corrected chi connectivity index (χ3v) is 3.00. The van der Waals surface area contributed by atoms with Gasteiger partial charge < -0.3 is 15.1 Å². The van der Waals surface area contributed by atoms with Gasteiger partial charge in [-0.15, -0.1) is 0 Å². The normalized spacial score (nSPS) is 12.4. The van der Waals surface area contributed by atoms with Crippen molar-refractivity contribution < 1.29 is 10.2 Å². The third kappa shape index (κ3) is 5.86. The lowest BCUT2D eigenvalue weighted by Gasteiger charge is -2.30. The number of nitrogens with zero attached hydrogens (tertiary/aromatic N) is 1. The SMILES string of the molecule is CSCCCN(C)CC(C)(CO)CO. The van der Waals surface area contributed by atoms with Gasteiger partial charge in [-0.25, -0.2) is 0 Å². The molecule has 14 heavy (non-hydrogen) atoms. The molecule has 86 valence electrons. The largest absolute Gasteiger partial charge is 0.396 e. The first-order chi connectivity index (χ1) is 6.58. The quantitative estimate of drug-likeness (QED) is 0.591. The minimum atomic E-state index is -0.367. The minimum Gasteiger partial charge on any atom is -0.396 e. The van der Waals surface area contributed by atoms with E-state index >= 15 is 0 Å². The first kappa shape index (κ1) is 14.2. The highest BCUT2D eigenvalue weighted by Gasteiger charge is 2.23. The molecule has 0 unspecified atom stereocenters. The van der Waals surface area contributed by atoms with Gasteiger partial charge in [-0.05, 0) is 32.0 Å². The Morgan fingerprint density at radius 1 is 1.29 bits per heavy atom. The molecule has 0 heterocycles. The van der Waals surface area contributed by atoms with Crippen LogP contribution in [0.4, 0.5) is 0 Å². The summed E-state index contributed by atoms with van der Waals surface area (Å²) in [5, 5.41) is 18.2. The van der Waals surface area contributed by atoms with Crippen LogP contribution < -0.4 is 0 Å². The summed E-state index contributed by atoms with van der Waals surface area (Å²) in [6.07, 6.45) is 3.26. The molecule has 4 heteroatoms. The van der Waals surface area contributed by atoms with Gasteiger partial charge in [-0.1, -0.05) is 6.92 Å². The lowest BCUT2D eigenvalue weighted by Crippen LogP contribution is -2.39. The van der Waals surface area contributed by atoms with Crippen molar-refractivity contribution in [3.8, 4) is 0 Å². The molecule has 0 aliphatic heterocycles. The molecule has 0 bridgehead atoms. The van der Waals surface area contributed by atoms with E-state index in [1.165, 1.54) is 5.75 Å². The molecule has 0 aromatic rings. The summed E-state index contributed by atoms with van der Waals surface area (Å²) in [6, 6.07) is 0. The molecule has 0 atom stereocenters. The van der Waals surface area contributed by atoms with Gasteiger partial charge in [0.25, 0.3) is 0 Å². The van der Waals surface area contributed by atoms with Crippen LogP contribution in [0.2, 0.25) is 0 Å². The molecule has 0 aromatic carbocycles. The highest BCUT2D eigenvalue weighted by molar-refractivity contribution is 7.98. The summed E-state index contributed by atoms with van der Waals surface area (Å²) < 4.78 is 0. The predicted molar refractivity (Wildman–Crippen MR) is 62.8 cm³/mol. The Labute approximate surface area is 91.5 Å². The number of aliphatic hydroxyl groups excluding tert-OH is 2. The van der Waals surface area contributed by atoms with Crippen LogP contribution in [0.1, 0.15) is 13.3 Å². The second kappa shape index (κ2) is 7.51. The Morgan fingerprint density at radius 2 is 1.86 bits per heavy atom. The van der Waals surface area contributed by atoms with Gasteiger partial charge in [0.05, 0.1) is 13.2 Å². The van der Waals surface area contributed by atoms with E-state index in [-0.39, 0.29) is 18.6 Å². The van der Waals surface area contributed by atoms with Crippen LogP contribution in [0.15, 0.2) is 0 Å². The summed E-state index contributed by atoms with van der Waals surface area (Å²) in [6.45, 7) is 3.75. The number of thioether (sulfide) groups is 1. The summed E-state index contributed by atoms with van der Waals surface area (Å²) >= 11 is 1.85. The average Bonchev–Trinajstić information content (AvgIpc) is 2.18. The van der Waals surface area contributed by atoms with Gasteiger partial charge in [-0.2, -0.15) is 11.8 Å². The van der Waals surface area contributed by atoms with E-state index in [0.717, 1.165) is 19.5 Å². The van der Waals surface area contributed by atoms with Crippen LogP contribution in [0.3, 0.4) is 0 Å². The fraction of sp³-hybridized carbons (Fsp3) is 1.00. The Kier molecular flexibility index (Phi) is 7.64. The van der Waals surface area contributed by atoms with Crippen LogP contribution in [0, 0.1) is 5.41 Å². The van der Waals surface area contributed by atoms with Crippen molar-refractivity contribution in [2.75, 3.05) is 45.4 Å². The molecular formula is C10H23NO2S. The van der Waals surface area contributed by atoms with Crippen LogP contribution in [-0.4, -0.2) is 60.5 Å². The van der Waals surface area contributed by atoms with E-state index in [1.54, 1.807) is 0 Å². The standard InChI is InChI=1S/C10H23NO2S/c1-10(8-12,9-13)7-11(2)5-4-6-14-3/h12-13H,4-9H2,1-3H3. The minimum absolute atomic E-state index is 0.0381. The molecule has 0 aliphatic rings. The maximum absolute atomic E-state index is 9.11. The molecule has 0 aliphatic carbocycles. The van der Waals surface area contributed by atoms with Crippen LogP contribution in [-0.2, 0) is 0 Å². The predicted octanol–water partition coefficient (Wildman–Crippen LogP) is 0.662. The molecule has 3 nitrogen and oxygen atoms in total. The van der Waals surface area contributed by atoms with Crippen molar-refractivity contribution in [3.05, 3.63) is 0 Å². The molecular weight excluding hydrogens is 198 g/mol. The molecule has 0 rings (SSSR count). The lowest BCUT2D eigenvalue weighted by atomic mass is 9.92. The molecule has 2 N–H and O–H groups in total. The zero-order valence-electron chi connectivity index (χ0n) is 9.49. The molecule has 0 saturated carbocycles. The van der Waals surface area contributed by atoms with Crippen molar-refractivity contribution >= 4 is 11.8 Å². The summed E-state index contributed by atoms with van der Waals surface area (Å²) in [5.74, 6) is 1.17. The van der Waals surface area contributed by atoms with E-state index < -0.39 is 0 Å². The fourth-order valence-electron chi connectivity index (χ4n) is 1.36. The third-order valence-electron chi connectivity index (χ3n) is 2.30. The van der Waals surface area contributed by atoms with E-state index in [1.807, 2.05) is 25.7 Å². The van der Waals surface area contributed by atoms with Crippen LogP contribution >= 0.6 is 11.8 Å². The van der Waals surface area contributed by atoms with E-state index in [0.29, 0.717) is 0 Å². The van der Waals surface area contributed by atoms with Gasteiger partial charge in [0.15, 0.2) is 0 Å². The summed E-state index contributed by atoms with van der Waals surface area (Å²) in [4.78, 5) is 2.17. The molecule has 0 aromatic heterocycles. The summed E-state index contributed by atoms with van der Waals surface area (Å²) in [5.41, 5.74) is -0.367. The summed E-state index contributed by atoms with van der Waals surface area (Å²) in [7, 11) is 2.03. The first-order valence-corrected chi connectivity index (χ1v) is 6.36. The van der Waals surface area contributed by atoms with Crippen molar-refractivity contribution in [3.63, 3.8) is 0 Å². The highest BCUT2D eigenvalue weighted by Crippen LogP contribution is 2.15. The highest BCUT2D eigenvalue weighted by atomic mass is 32.2. The van der Waals surface area contributed by atoms with Crippen molar-refractivity contribution in [2.24, 2.45) is 5.41 Å². The van der Waals surface area contributed by atoms with Gasteiger partial charge in [0.1, 0.15) is 0 Å². The molecule has 0 spiro atoms. The Hall–Kier alpha value is 0.230. The van der Waals surface area contributed by atoms with Gasteiger partial charge in [0.2, 0.25) is 0 Å². The van der Waals surface area contributed by atoms with Crippen molar-refractivity contribution in [1.82, 2.24) is 4.90 Å². The molecule has 0 radical (unpaired) electrons. The second-order valence-corrected chi connectivity index (χ2v) is 5.20. The lowest BCUT2D eigenvalue weighted by molar-refractivity contribution is 0.0421. The number of rotatable bonds is 8. The maximum Gasteiger partial charge on any atom is 0.0519 e. The van der Waals surface area contributed by atoms with E-state index in [4.69, 9.17) is 10.2 Å². The van der Waals surface area contributed by atoms with Gasteiger partial charge in [0, 0.05) is 12.0 Å². The van der Waals surface area contributed by atoms with Crippen LogP contribution in [0.5, 0.6) is 0 Å². The molecule has 0 fully saturated rings. The molecule has 0 amide bonds. The zero-order valence-corrected chi connectivity index (χ0v) is 10.3. The number of aliphatic hydroxyl groups is 2. The Morgan fingerprint density at radius 3 is 2.29 bits per heavy atom. The fourth-order valence-corrected chi connectivity index (χ4v) is 1.78. The Bertz CT molecular complexity index is 140. The first-order valence-electron chi connectivity index (χ1n) is 4.97. The van der Waals surface area contributed by atoms with E-state index in [9.17, 15) is 0 Å². The Balaban J connectivity index is 3.73. The van der Waals surface area contributed by atoms with Gasteiger partial charge in [-0.3, -0.25) is 0 Å². The molecule has 0 saturated heterocycles. The smallest absolute Gasteiger partial charge is 0.0519 e. The topological polar surface area (TPSA) is 43.7 Å². The number of hydrogen-bond donors (Lipinski definition) is 2. The number of hydrogen-bond acceptors (Lipinski definition) is 4. The van der Waals surface area contributed by atoms with Crippen molar-refractivity contribution in [2.45, 2.75) is 13.3 Å². The van der Waals surface area contributed by atoms with Crippen LogP contribution in [0.25, 0.3) is 0 Å².